The Bertz CT molecular complexity index is 1110. The van der Waals surface area contributed by atoms with Crippen LogP contribution in [0.15, 0.2) is 34.5 Å². The number of nitrogens with two attached hydrogens (primary N) is 1. The Balaban J connectivity index is 1.75. The highest BCUT2D eigenvalue weighted by molar-refractivity contribution is 8.00. The lowest BCUT2D eigenvalue weighted by Gasteiger charge is -2.49. The molecule has 1 saturated heterocycles. The molecular weight excluding hydrogens is 486 g/mol. The summed E-state index contributed by atoms with van der Waals surface area (Å²) in [4.78, 5) is 59.3. The number of allylic oxidation sites excluding steroid dienone is 1. The Hall–Kier alpha value is -3.39. The van der Waals surface area contributed by atoms with Crippen LogP contribution in [0.4, 0.5) is 5.13 Å². The molecule has 0 unspecified atom stereocenters. The van der Waals surface area contributed by atoms with Gasteiger partial charge in [0.15, 0.2) is 10.8 Å². The number of rotatable bonds is 8. The standard InChI is InChI=1S/C20H23N5O7S2/c1-5-9-7-33-17-13(16(28)25(17)14(9)18(29)30)23-15(27)12(10-8-34-19(21)22-10)24-31-6-11(26)32-20(2,3)4/h5,8,13,17H,1,6-7H2,2-4H3,(H2,21,22)(H,23,27)(H,29,30)/b24-12-/t13-,17+/m1/s1. The molecule has 0 radical (unpaired) electrons. The SMILES string of the molecule is C=CC1=C(C(=O)O)N2C(=O)[C@@H](NC(=O)/C(=N\OCC(=O)OC(C)(C)C)c3csc(N)n3)[C@@H]2SC1. The Morgan fingerprint density at radius 2 is 2.15 bits per heavy atom. The van der Waals surface area contributed by atoms with Gasteiger partial charge in [-0.1, -0.05) is 17.8 Å². The monoisotopic (exact) mass is 509 g/mol. The number of carbonyl (C=O) groups excluding carboxylic acids is 3. The molecule has 2 atom stereocenters. The van der Waals surface area contributed by atoms with Crippen LogP contribution in [0.2, 0.25) is 0 Å². The zero-order valence-electron chi connectivity index (χ0n) is 18.6. The molecule has 2 amide bonds. The molecule has 2 aliphatic rings. The fourth-order valence-corrected chi connectivity index (χ4v) is 5.02. The number of hydrogen-bond donors (Lipinski definition) is 3. The van der Waals surface area contributed by atoms with Crippen molar-refractivity contribution in [3.63, 3.8) is 0 Å². The number of anilines is 1. The van der Waals surface area contributed by atoms with Crippen molar-refractivity contribution in [2.45, 2.75) is 37.8 Å². The summed E-state index contributed by atoms with van der Waals surface area (Å²) in [6.45, 7) is 8.11. The second-order valence-corrected chi connectivity index (χ2v) is 10.1. The predicted octanol–water partition coefficient (Wildman–Crippen LogP) is 0.712. The average Bonchev–Trinajstić information content (AvgIpc) is 3.18. The highest BCUT2D eigenvalue weighted by atomic mass is 32.2. The molecule has 3 heterocycles. The van der Waals surface area contributed by atoms with E-state index in [2.05, 4.69) is 22.0 Å². The summed E-state index contributed by atoms with van der Waals surface area (Å²) >= 11 is 2.35. The van der Waals surface area contributed by atoms with Crippen molar-refractivity contribution >= 4 is 57.7 Å². The predicted molar refractivity (Wildman–Crippen MR) is 125 cm³/mol. The third-order valence-corrected chi connectivity index (χ3v) is 6.45. The van der Waals surface area contributed by atoms with Gasteiger partial charge < -0.3 is 25.7 Å². The van der Waals surface area contributed by atoms with E-state index >= 15 is 0 Å². The van der Waals surface area contributed by atoms with Gasteiger partial charge in [-0.3, -0.25) is 14.5 Å². The van der Waals surface area contributed by atoms with Crippen LogP contribution in [0, 0.1) is 0 Å². The molecule has 2 aliphatic heterocycles. The number of thioether (sulfide) groups is 1. The molecule has 0 aliphatic carbocycles. The van der Waals surface area contributed by atoms with Crippen LogP contribution in [0.5, 0.6) is 0 Å². The highest BCUT2D eigenvalue weighted by Gasteiger charge is 2.54. The number of thiazole rings is 1. The smallest absolute Gasteiger partial charge is 0.352 e. The van der Waals surface area contributed by atoms with Crippen molar-refractivity contribution in [2.24, 2.45) is 5.16 Å². The minimum absolute atomic E-state index is 0.0872. The van der Waals surface area contributed by atoms with E-state index in [1.807, 2.05) is 0 Å². The van der Waals surface area contributed by atoms with E-state index in [1.54, 1.807) is 20.8 Å². The number of oxime groups is 1. The van der Waals surface area contributed by atoms with E-state index in [-0.39, 0.29) is 22.2 Å². The Kier molecular flexibility index (Phi) is 7.31. The number of nitrogen functional groups attached to an aromatic ring is 1. The van der Waals surface area contributed by atoms with Crippen LogP contribution in [0.25, 0.3) is 0 Å². The van der Waals surface area contributed by atoms with Crippen LogP contribution in [0.1, 0.15) is 26.5 Å². The topological polar surface area (TPSA) is 174 Å². The summed E-state index contributed by atoms with van der Waals surface area (Å²) in [6, 6.07) is -0.995. The van der Waals surface area contributed by atoms with Gasteiger partial charge in [-0.2, -0.15) is 0 Å². The quantitative estimate of drug-likeness (QED) is 0.196. The number of hydrogen-bond acceptors (Lipinski definition) is 11. The molecule has 12 nitrogen and oxygen atoms in total. The molecule has 34 heavy (non-hydrogen) atoms. The maximum atomic E-state index is 13.0. The maximum Gasteiger partial charge on any atom is 0.352 e. The number of carbonyl (C=O) groups is 4. The lowest BCUT2D eigenvalue weighted by atomic mass is 10.0. The Morgan fingerprint density at radius 1 is 1.44 bits per heavy atom. The van der Waals surface area contributed by atoms with Crippen LogP contribution >= 0.6 is 23.1 Å². The van der Waals surface area contributed by atoms with Gasteiger partial charge in [-0.25, -0.2) is 14.6 Å². The number of esters is 1. The summed E-state index contributed by atoms with van der Waals surface area (Å²) in [5, 5.41) is 16.8. The molecule has 1 aromatic rings. The third kappa shape index (κ3) is 5.39. The number of carboxylic acid groups (broad SMARTS) is 1. The number of carboxylic acids is 1. The van der Waals surface area contributed by atoms with Crippen molar-refractivity contribution in [1.29, 1.82) is 0 Å². The summed E-state index contributed by atoms with van der Waals surface area (Å²) in [5.41, 5.74) is 4.98. The summed E-state index contributed by atoms with van der Waals surface area (Å²) < 4.78 is 5.12. The van der Waals surface area contributed by atoms with Gasteiger partial charge in [0.25, 0.3) is 11.8 Å². The molecule has 1 fully saturated rings. The zero-order chi connectivity index (χ0) is 25.2. The lowest BCUT2D eigenvalue weighted by molar-refractivity contribution is -0.160. The highest BCUT2D eigenvalue weighted by Crippen LogP contribution is 2.40. The average molecular weight is 510 g/mol. The van der Waals surface area contributed by atoms with Crippen molar-refractivity contribution in [3.05, 3.63) is 35.0 Å². The van der Waals surface area contributed by atoms with Crippen molar-refractivity contribution in [3.8, 4) is 0 Å². The maximum absolute atomic E-state index is 13.0. The summed E-state index contributed by atoms with van der Waals surface area (Å²) in [5.74, 6) is -3.02. The van der Waals surface area contributed by atoms with Gasteiger partial charge in [0.2, 0.25) is 6.61 Å². The van der Waals surface area contributed by atoms with Gasteiger partial charge in [-0.15, -0.1) is 23.1 Å². The Labute approximate surface area is 202 Å². The second kappa shape index (κ2) is 9.85. The summed E-state index contributed by atoms with van der Waals surface area (Å²) in [6.07, 6.45) is 1.39. The van der Waals surface area contributed by atoms with Crippen molar-refractivity contribution in [1.82, 2.24) is 15.2 Å². The molecule has 182 valence electrons. The number of ether oxygens (including phenoxy) is 1. The first-order valence-corrected chi connectivity index (χ1v) is 11.8. The molecule has 3 rings (SSSR count). The second-order valence-electron chi connectivity index (χ2n) is 8.11. The van der Waals surface area contributed by atoms with E-state index < -0.39 is 47.4 Å². The molecule has 0 aromatic carbocycles. The van der Waals surface area contributed by atoms with Gasteiger partial charge in [0, 0.05) is 11.1 Å². The molecule has 0 saturated carbocycles. The number of aromatic nitrogens is 1. The van der Waals surface area contributed by atoms with Crippen LogP contribution < -0.4 is 11.1 Å². The van der Waals surface area contributed by atoms with Crippen molar-refractivity contribution < 1.29 is 33.9 Å². The van der Waals surface area contributed by atoms with E-state index in [4.69, 9.17) is 15.3 Å². The number of β-lactam (4-membered cyclic amide) rings is 1. The number of nitrogens with one attached hydrogen (secondary N) is 1. The minimum atomic E-state index is -1.26. The molecule has 4 N–H and O–H groups in total. The first-order valence-electron chi connectivity index (χ1n) is 9.90. The fourth-order valence-electron chi connectivity index (χ4n) is 3.13. The van der Waals surface area contributed by atoms with Gasteiger partial charge >= 0.3 is 11.9 Å². The zero-order valence-corrected chi connectivity index (χ0v) is 20.2. The van der Waals surface area contributed by atoms with E-state index in [9.17, 15) is 24.3 Å². The van der Waals surface area contributed by atoms with Gasteiger partial charge in [0.1, 0.15) is 28.4 Å². The van der Waals surface area contributed by atoms with Crippen LogP contribution in [0.3, 0.4) is 0 Å². The van der Waals surface area contributed by atoms with E-state index in [0.717, 1.165) is 16.2 Å². The number of aliphatic carboxylic acids is 1. The summed E-state index contributed by atoms with van der Waals surface area (Å²) in [7, 11) is 0. The minimum Gasteiger partial charge on any atom is -0.477 e. The van der Waals surface area contributed by atoms with Gasteiger partial charge in [-0.05, 0) is 26.3 Å². The fraction of sp³-hybridized carbons (Fsp3) is 0.400. The lowest BCUT2D eigenvalue weighted by Crippen LogP contribution is -2.71. The van der Waals surface area contributed by atoms with Crippen molar-refractivity contribution in [2.75, 3.05) is 18.1 Å². The number of amides is 2. The largest absolute Gasteiger partial charge is 0.477 e. The normalized spacial score (nSPS) is 20.3. The Morgan fingerprint density at radius 3 is 2.71 bits per heavy atom. The van der Waals surface area contributed by atoms with Gasteiger partial charge in [0.05, 0.1) is 0 Å². The van der Waals surface area contributed by atoms with E-state index in [1.165, 1.54) is 23.2 Å². The third-order valence-electron chi connectivity index (χ3n) is 4.47. The first kappa shape index (κ1) is 25.2. The molecule has 0 bridgehead atoms. The molecule has 14 heteroatoms. The van der Waals surface area contributed by atoms with Crippen LogP contribution in [-0.2, 0) is 28.8 Å². The molecular formula is C20H23N5O7S2. The van der Waals surface area contributed by atoms with Crippen LogP contribution in [-0.4, -0.2) is 73.8 Å². The number of nitrogens with zero attached hydrogens (tertiary/aromatic N) is 3. The molecule has 0 spiro atoms. The van der Waals surface area contributed by atoms with E-state index in [0.29, 0.717) is 11.3 Å². The molecule has 1 aromatic heterocycles. The first-order chi connectivity index (χ1) is 15.9. The number of fused-ring (bicyclic) bond motifs is 1.